The predicted molar refractivity (Wildman–Crippen MR) is 146 cm³/mol. The summed E-state index contributed by atoms with van der Waals surface area (Å²) in [5.74, 6) is 0.0291. The van der Waals surface area contributed by atoms with Gasteiger partial charge in [0.15, 0.2) is 0 Å². The molecular formula is C31H32N2O5. The van der Waals surface area contributed by atoms with Gasteiger partial charge < -0.3 is 14.2 Å². The second-order valence-corrected chi connectivity index (χ2v) is 8.93. The average Bonchev–Trinajstić information content (AvgIpc) is 3.41. The molecule has 0 aromatic heterocycles. The fourth-order valence-electron chi connectivity index (χ4n) is 4.54. The smallest absolute Gasteiger partial charge is 0.341 e. The number of aryl methyl sites for hydroxylation is 1. The molecule has 1 amide bonds. The van der Waals surface area contributed by atoms with E-state index in [2.05, 4.69) is 31.2 Å². The molecule has 0 spiro atoms. The molecular weight excluding hydrogens is 480 g/mol. The highest BCUT2D eigenvalue weighted by molar-refractivity contribution is 6.16. The van der Waals surface area contributed by atoms with Gasteiger partial charge in [0.05, 0.1) is 32.2 Å². The Hall–Kier alpha value is -4.39. The molecule has 0 N–H and O–H groups in total. The molecule has 1 aliphatic rings. The summed E-state index contributed by atoms with van der Waals surface area (Å²) in [6, 6.07) is 23.3. The lowest BCUT2D eigenvalue weighted by atomic mass is 9.97. The van der Waals surface area contributed by atoms with Crippen LogP contribution in [0.25, 0.3) is 5.57 Å². The van der Waals surface area contributed by atoms with Crippen LogP contribution >= 0.6 is 0 Å². The summed E-state index contributed by atoms with van der Waals surface area (Å²) in [5.41, 5.74) is 5.66. The van der Waals surface area contributed by atoms with Gasteiger partial charge in [0.25, 0.3) is 0 Å². The molecule has 7 heteroatoms. The molecule has 0 saturated carbocycles. The number of hydrogen-bond acceptors (Lipinski definition) is 6. The number of ether oxygens (including phenoxy) is 3. The Morgan fingerprint density at radius 2 is 1.71 bits per heavy atom. The van der Waals surface area contributed by atoms with E-state index >= 15 is 0 Å². The van der Waals surface area contributed by atoms with Crippen molar-refractivity contribution in [2.45, 2.75) is 39.3 Å². The van der Waals surface area contributed by atoms with Gasteiger partial charge in [0, 0.05) is 18.9 Å². The lowest BCUT2D eigenvalue weighted by molar-refractivity contribution is -0.134. The van der Waals surface area contributed by atoms with E-state index in [1.807, 2.05) is 48.5 Å². The number of amides is 1. The van der Waals surface area contributed by atoms with Crippen LogP contribution in [0.1, 0.15) is 54.1 Å². The summed E-state index contributed by atoms with van der Waals surface area (Å²) in [5, 5.41) is 6.27. The van der Waals surface area contributed by atoms with Gasteiger partial charge in [0.2, 0.25) is 5.91 Å². The van der Waals surface area contributed by atoms with Crippen molar-refractivity contribution in [3.05, 3.63) is 107 Å². The molecule has 7 nitrogen and oxygen atoms in total. The van der Waals surface area contributed by atoms with Gasteiger partial charge in [-0.3, -0.25) is 4.79 Å². The monoisotopic (exact) mass is 512 g/mol. The number of esters is 1. The summed E-state index contributed by atoms with van der Waals surface area (Å²) in [7, 11) is 2.82. The molecule has 3 aromatic rings. The van der Waals surface area contributed by atoms with Gasteiger partial charge in [-0.05, 0) is 40.8 Å². The maximum atomic E-state index is 12.5. The number of rotatable bonds is 9. The van der Waals surface area contributed by atoms with Crippen molar-refractivity contribution < 1.29 is 23.8 Å². The Labute approximate surface area is 223 Å². The Bertz CT molecular complexity index is 1360. The van der Waals surface area contributed by atoms with E-state index in [9.17, 15) is 9.59 Å². The van der Waals surface area contributed by atoms with Crippen molar-refractivity contribution in [1.29, 1.82) is 0 Å². The van der Waals surface area contributed by atoms with Gasteiger partial charge in [-0.1, -0.05) is 67.6 Å². The average molecular weight is 513 g/mol. The molecule has 1 atom stereocenters. The maximum absolute atomic E-state index is 12.5. The quantitative estimate of drug-likeness (QED) is 0.209. The predicted octanol–water partition coefficient (Wildman–Crippen LogP) is 5.69. The van der Waals surface area contributed by atoms with Crippen LogP contribution in [-0.4, -0.2) is 36.8 Å². The third-order valence-electron chi connectivity index (χ3n) is 6.54. The van der Waals surface area contributed by atoms with Crippen molar-refractivity contribution in [2.24, 2.45) is 5.10 Å². The molecule has 1 aliphatic heterocycles. The highest BCUT2D eigenvalue weighted by Gasteiger charge is 2.32. The summed E-state index contributed by atoms with van der Waals surface area (Å²) in [6.07, 6.45) is 2.90. The zero-order valence-corrected chi connectivity index (χ0v) is 22.1. The molecule has 4 rings (SSSR count). The molecule has 0 radical (unpaired) electrons. The molecule has 0 bridgehead atoms. The standard InChI is InChI=1S/C31H32N2O5/c1-5-22-14-16-23(17-15-22)29-18-28(32-33(29)21(2)34)26-12-8-9-13-30(26)38-19-24-10-6-7-11-25(24)27(20-36-3)31(35)37-4/h6-17,20,29H,5,18-19H2,1-4H3/b27-20-. The third-order valence-corrected chi connectivity index (χ3v) is 6.54. The molecule has 0 saturated heterocycles. The van der Waals surface area contributed by atoms with E-state index in [1.54, 1.807) is 5.01 Å². The largest absolute Gasteiger partial charge is 0.503 e. The molecule has 38 heavy (non-hydrogen) atoms. The van der Waals surface area contributed by atoms with E-state index in [1.165, 1.54) is 33.0 Å². The van der Waals surface area contributed by atoms with Crippen LogP contribution in [0, 0.1) is 0 Å². The number of hydrazone groups is 1. The van der Waals surface area contributed by atoms with E-state index in [-0.39, 0.29) is 18.6 Å². The highest BCUT2D eigenvalue weighted by Crippen LogP contribution is 2.35. The number of carbonyl (C=O) groups excluding carboxylic acids is 2. The van der Waals surface area contributed by atoms with Crippen molar-refractivity contribution in [3.63, 3.8) is 0 Å². The molecule has 1 heterocycles. The third kappa shape index (κ3) is 5.78. The lowest BCUT2D eigenvalue weighted by Crippen LogP contribution is -2.24. The van der Waals surface area contributed by atoms with Crippen LogP contribution in [-0.2, 0) is 32.1 Å². The Morgan fingerprint density at radius 3 is 2.39 bits per heavy atom. The van der Waals surface area contributed by atoms with Gasteiger partial charge >= 0.3 is 5.97 Å². The van der Waals surface area contributed by atoms with Crippen molar-refractivity contribution in [3.8, 4) is 5.75 Å². The number of benzene rings is 3. The van der Waals surface area contributed by atoms with Gasteiger partial charge in [-0.15, -0.1) is 0 Å². The molecule has 0 fully saturated rings. The van der Waals surface area contributed by atoms with Gasteiger partial charge in [0.1, 0.15) is 17.9 Å². The van der Waals surface area contributed by atoms with Gasteiger partial charge in [-0.2, -0.15) is 5.10 Å². The van der Waals surface area contributed by atoms with E-state index in [4.69, 9.17) is 19.3 Å². The maximum Gasteiger partial charge on any atom is 0.341 e. The van der Waals surface area contributed by atoms with Crippen LogP contribution in [0.15, 0.2) is 84.2 Å². The fraction of sp³-hybridized carbons (Fsp3) is 0.258. The Balaban J connectivity index is 1.60. The minimum absolute atomic E-state index is 0.114. The topological polar surface area (TPSA) is 77.4 Å². The minimum atomic E-state index is -0.498. The van der Waals surface area contributed by atoms with Crippen LogP contribution in [0.4, 0.5) is 0 Å². The summed E-state index contributed by atoms with van der Waals surface area (Å²) in [6.45, 7) is 3.86. The summed E-state index contributed by atoms with van der Waals surface area (Å²) >= 11 is 0. The van der Waals surface area contributed by atoms with Crippen LogP contribution in [0.5, 0.6) is 5.75 Å². The zero-order chi connectivity index (χ0) is 27.1. The van der Waals surface area contributed by atoms with Crippen molar-refractivity contribution in [1.82, 2.24) is 5.01 Å². The Kier molecular flexibility index (Phi) is 8.58. The van der Waals surface area contributed by atoms with E-state index in [0.717, 1.165) is 28.8 Å². The van der Waals surface area contributed by atoms with Crippen molar-refractivity contribution in [2.75, 3.05) is 14.2 Å². The number of carbonyl (C=O) groups is 2. The lowest BCUT2D eigenvalue weighted by Gasteiger charge is -2.20. The van der Waals surface area contributed by atoms with Crippen LogP contribution < -0.4 is 4.74 Å². The van der Waals surface area contributed by atoms with Crippen molar-refractivity contribution >= 4 is 23.2 Å². The zero-order valence-electron chi connectivity index (χ0n) is 22.1. The second kappa shape index (κ2) is 12.2. The SMILES string of the molecule is CCc1ccc(C2CC(c3ccccc3OCc3ccccc3/C(=C/OC)C(=O)OC)=NN2C(C)=O)cc1. The van der Waals surface area contributed by atoms with E-state index in [0.29, 0.717) is 23.3 Å². The van der Waals surface area contributed by atoms with E-state index < -0.39 is 5.97 Å². The highest BCUT2D eigenvalue weighted by atomic mass is 16.5. The number of hydrogen-bond donors (Lipinski definition) is 0. The first-order chi connectivity index (χ1) is 18.5. The number of methoxy groups -OCH3 is 2. The molecule has 1 unspecified atom stereocenters. The summed E-state index contributed by atoms with van der Waals surface area (Å²) < 4.78 is 16.3. The normalized spacial score (nSPS) is 15.2. The first kappa shape index (κ1) is 26.7. The van der Waals surface area contributed by atoms with Crippen LogP contribution in [0.3, 0.4) is 0 Å². The summed E-state index contributed by atoms with van der Waals surface area (Å²) in [4.78, 5) is 24.9. The first-order valence-corrected chi connectivity index (χ1v) is 12.5. The fourth-order valence-corrected chi connectivity index (χ4v) is 4.54. The number of nitrogens with zero attached hydrogens (tertiary/aromatic N) is 2. The first-order valence-electron chi connectivity index (χ1n) is 12.5. The minimum Gasteiger partial charge on any atom is -0.503 e. The molecule has 196 valence electrons. The molecule has 0 aliphatic carbocycles. The number of para-hydroxylation sites is 1. The second-order valence-electron chi connectivity index (χ2n) is 8.93. The van der Waals surface area contributed by atoms with Gasteiger partial charge in [-0.25, -0.2) is 9.80 Å². The molecule has 3 aromatic carbocycles. The Morgan fingerprint density at radius 1 is 1.00 bits per heavy atom. The van der Waals surface area contributed by atoms with Crippen LogP contribution in [0.2, 0.25) is 0 Å².